The van der Waals surface area contributed by atoms with Gasteiger partial charge in [0.15, 0.2) is 0 Å². The van der Waals surface area contributed by atoms with Crippen molar-refractivity contribution in [3.8, 4) is 0 Å². The van der Waals surface area contributed by atoms with Crippen molar-refractivity contribution in [2.75, 3.05) is 19.6 Å². The van der Waals surface area contributed by atoms with Crippen LogP contribution in [0.4, 0.5) is 0 Å². The molecule has 1 saturated heterocycles. The van der Waals surface area contributed by atoms with Crippen LogP contribution in [0.1, 0.15) is 13.3 Å². The fourth-order valence-electron chi connectivity index (χ4n) is 3.20. The molecule has 1 fully saturated rings. The van der Waals surface area contributed by atoms with Crippen molar-refractivity contribution in [1.29, 1.82) is 0 Å². The smallest absolute Gasteiger partial charge is 0.243 e. The highest BCUT2D eigenvalue weighted by molar-refractivity contribution is 7.89. The summed E-state index contributed by atoms with van der Waals surface area (Å²) in [5.74, 6) is 0.711. The molecule has 4 nitrogen and oxygen atoms in total. The van der Waals surface area contributed by atoms with E-state index in [1.807, 2.05) is 36.4 Å². The van der Waals surface area contributed by atoms with E-state index >= 15 is 0 Å². The first kappa shape index (κ1) is 15.5. The fourth-order valence-corrected chi connectivity index (χ4v) is 4.93. The van der Waals surface area contributed by atoms with Crippen LogP contribution in [-0.2, 0) is 10.0 Å². The molecule has 0 amide bonds. The predicted molar refractivity (Wildman–Crippen MR) is 89.0 cm³/mol. The van der Waals surface area contributed by atoms with Gasteiger partial charge in [-0.1, -0.05) is 43.3 Å². The van der Waals surface area contributed by atoms with E-state index in [4.69, 9.17) is 5.73 Å². The lowest BCUT2D eigenvalue weighted by molar-refractivity contribution is 0.203. The summed E-state index contributed by atoms with van der Waals surface area (Å²) in [6, 6.07) is 13.1. The third kappa shape index (κ3) is 2.64. The number of sulfonamides is 1. The number of nitrogens with zero attached hydrogens (tertiary/aromatic N) is 1. The van der Waals surface area contributed by atoms with E-state index in [1.165, 1.54) is 0 Å². The Labute approximate surface area is 132 Å². The molecular formula is C17H22N2O2S. The topological polar surface area (TPSA) is 63.4 Å². The maximum Gasteiger partial charge on any atom is 0.243 e. The van der Waals surface area contributed by atoms with Gasteiger partial charge in [-0.15, -0.1) is 0 Å². The summed E-state index contributed by atoms with van der Waals surface area (Å²) in [6.07, 6.45) is 0.867. The summed E-state index contributed by atoms with van der Waals surface area (Å²) in [7, 11) is -3.48. The van der Waals surface area contributed by atoms with E-state index in [0.29, 0.717) is 30.4 Å². The molecule has 0 aliphatic carbocycles. The van der Waals surface area contributed by atoms with Crippen LogP contribution in [0.3, 0.4) is 0 Å². The summed E-state index contributed by atoms with van der Waals surface area (Å²) in [5.41, 5.74) is 5.81. The number of benzene rings is 2. The third-order valence-corrected chi connectivity index (χ3v) is 6.67. The van der Waals surface area contributed by atoms with Crippen LogP contribution in [0.25, 0.3) is 10.8 Å². The minimum Gasteiger partial charge on any atom is -0.330 e. The van der Waals surface area contributed by atoms with E-state index in [-0.39, 0.29) is 5.92 Å². The summed E-state index contributed by atoms with van der Waals surface area (Å²) in [5, 5.41) is 1.73. The molecule has 1 aliphatic rings. The lowest BCUT2D eigenvalue weighted by Crippen LogP contribution is -2.45. The number of hydrogen-bond donors (Lipinski definition) is 1. The largest absolute Gasteiger partial charge is 0.330 e. The Hall–Kier alpha value is -1.43. The molecule has 2 unspecified atom stereocenters. The average molecular weight is 318 g/mol. The second-order valence-corrected chi connectivity index (χ2v) is 8.01. The first-order chi connectivity index (χ1) is 10.5. The van der Waals surface area contributed by atoms with Crippen molar-refractivity contribution in [1.82, 2.24) is 4.31 Å². The molecule has 2 aromatic rings. The maximum atomic E-state index is 13.1. The van der Waals surface area contributed by atoms with Gasteiger partial charge < -0.3 is 5.73 Å². The highest BCUT2D eigenvalue weighted by Gasteiger charge is 2.33. The van der Waals surface area contributed by atoms with Crippen molar-refractivity contribution in [2.45, 2.75) is 18.2 Å². The van der Waals surface area contributed by atoms with Gasteiger partial charge >= 0.3 is 0 Å². The Morgan fingerprint density at radius 1 is 1.18 bits per heavy atom. The highest BCUT2D eigenvalue weighted by atomic mass is 32.2. The second kappa shape index (κ2) is 5.99. The van der Waals surface area contributed by atoms with Crippen LogP contribution in [0.15, 0.2) is 47.4 Å². The van der Waals surface area contributed by atoms with Gasteiger partial charge in [0.2, 0.25) is 10.0 Å². The number of nitrogens with two attached hydrogens (primary N) is 1. The molecule has 1 aliphatic heterocycles. The second-order valence-electron chi connectivity index (χ2n) is 6.10. The van der Waals surface area contributed by atoms with Gasteiger partial charge in [-0.3, -0.25) is 0 Å². The van der Waals surface area contributed by atoms with Crippen molar-refractivity contribution in [2.24, 2.45) is 17.6 Å². The zero-order valence-electron chi connectivity index (χ0n) is 12.8. The van der Waals surface area contributed by atoms with Crippen LogP contribution < -0.4 is 5.73 Å². The van der Waals surface area contributed by atoms with Crippen molar-refractivity contribution in [3.63, 3.8) is 0 Å². The summed E-state index contributed by atoms with van der Waals surface area (Å²) in [6.45, 7) is 3.77. The van der Waals surface area contributed by atoms with E-state index in [9.17, 15) is 8.42 Å². The number of fused-ring (bicyclic) bond motifs is 1. The molecule has 0 saturated carbocycles. The highest BCUT2D eigenvalue weighted by Crippen LogP contribution is 2.30. The first-order valence-corrected chi connectivity index (χ1v) is 9.16. The standard InChI is InChI=1S/C17H22N2O2S/c1-13-9-10-19(12-15(13)11-18)22(20,21)17-8-4-6-14-5-2-3-7-16(14)17/h2-8,13,15H,9-12,18H2,1H3. The lowest BCUT2D eigenvalue weighted by Gasteiger charge is -2.35. The third-order valence-electron chi connectivity index (χ3n) is 4.75. The Balaban J connectivity index is 2.02. The van der Waals surface area contributed by atoms with Crippen LogP contribution in [0.5, 0.6) is 0 Å². The normalized spacial score (nSPS) is 23.7. The molecule has 0 bridgehead atoms. The van der Waals surface area contributed by atoms with Crippen LogP contribution >= 0.6 is 0 Å². The van der Waals surface area contributed by atoms with Gasteiger partial charge in [0, 0.05) is 18.5 Å². The maximum absolute atomic E-state index is 13.1. The van der Waals surface area contributed by atoms with Crippen molar-refractivity contribution in [3.05, 3.63) is 42.5 Å². The Morgan fingerprint density at radius 3 is 2.68 bits per heavy atom. The molecule has 5 heteroatoms. The van der Waals surface area contributed by atoms with Gasteiger partial charge in [-0.25, -0.2) is 8.42 Å². The molecule has 0 aromatic heterocycles. The van der Waals surface area contributed by atoms with Gasteiger partial charge in [-0.05, 0) is 36.3 Å². The average Bonchev–Trinajstić information content (AvgIpc) is 2.54. The summed E-state index contributed by atoms with van der Waals surface area (Å²) >= 11 is 0. The van der Waals surface area contributed by atoms with Gasteiger partial charge in [0.25, 0.3) is 0 Å². The molecule has 1 heterocycles. The van der Waals surface area contributed by atoms with Crippen LogP contribution in [0.2, 0.25) is 0 Å². The number of hydrogen-bond acceptors (Lipinski definition) is 3. The number of rotatable bonds is 3. The first-order valence-electron chi connectivity index (χ1n) is 7.72. The number of piperidine rings is 1. The fraction of sp³-hybridized carbons (Fsp3) is 0.412. The van der Waals surface area contributed by atoms with Crippen molar-refractivity contribution < 1.29 is 8.42 Å². The summed E-state index contributed by atoms with van der Waals surface area (Å²) < 4.78 is 27.7. The minimum absolute atomic E-state index is 0.235. The molecule has 2 aromatic carbocycles. The monoisotopic (exact) mass is 318 g/mol. The Kier molecular flexibility index (Phi) is 4.21. The summed E-state index contributed by atoms with van der Waals surface area (Å²) in [4.78, 5) is 0.399. The van der Waals surface area contributed by atoms with E-state index in [1.54, 1.807) is 10.4 Å². The molecule has 118 valence electrons. The zero-order chi connectivity index (χ0) is 15.7. The van der Waals surface area contributed by atoms with Crippen LogP contribution in [-0.4, -0.2) is 32.4 Å². The van der Waals surface area contributed by atoms with Gasteiger partial charge in [-0.2, -0.15) is 4.31 Å². The van der Waals surface area contributed by atoms with Gasteiger partial charge in [0.05, 0.1) is 4.90 Å². The lowest BCUT2D eigenvalue weighted by atomic mass is 9.88. The quantitative estimate of drug-likeness (QED) is 0.945. The van der Waals surface area contributed by atoms with E-state index < -0.39 is 10.0 Å². The van der Waals surface area contributed by atoms with E-state index in [0.717, 1.165) is 17.2 Å². The Morgan fingerprint density at radius 2 is 1.91 bits per heavy atom. The molecule has 0 radical (unpaired) electrons. The molecule has 3 rings (SSSR count). The predicted octanol–water partition coefficient (Wildman–Crippen LogP) is 2.45. The molecule has 2 N–H and O–H groups in total. The zero-order valence-corrected chi connectivity index (χ0v) is 13.6. The molecular weight excluding hydrogens is 296 g/mol. The molecule has 2 atom stereocenters. The Bertz CT molecular complexity index is 768. The molecule has 22 heavy (non-hydrogen) atoms. The SMILES string of the molecule is CC1CCN(S(=O)(=O)c2cccc3ccccc23)CC1CN. The minimum atomic E-state index is -3.48. The van der Waals surface area contributed by atoms with E-state index in [2.05, 4.69) is 6.92 Å². The van der Waals surface area contributed by atoms with Gasteiger partial charge in [0.1, 0.15) is 0 Å². The van der Waals surface area contributed by atoms with Crippen LogP contribution in [0, 0.1) is 11.8 Å². The van der Waals surface area contributed by atoms with Crippen molar-refractivity contribution >= 4 is 20.8 Å². The molecule has 0 spiro atoms.